The van der Waals surface area contributed by atoms with Gasteiger partial charge in [-0.3, -0.25) is 9.59 Å². The standard InChI is InChI=1S/C21H33N3O4.ClH/c1-4-28-18-9-7-17(8-10-18)16(2)24-19(25)6-5-13-23-20(26)21(27-3)11-14-22-15-12-21;/h7-10,16,22H,4-6,11-15H2,1-3H3,(H,23,26)(H,24,25);1H. The third kappa shape index (κ3) is 7.49. The predicted octanol–water partition coefficient (Wildman–Crippen LogP) is 2.35. The number of methoxy groups -OCH3 is 1. The van der Waals surface area contributed by atoms with E-state index < -0.39 is 5.60 Å². The van der Waals surface area contributed by atoms with Gasteiger partial charge in [-0.05, 0) is 63.9 Å². The molecule has 1 aliphatic heterocycles. The first-order chi connectivity index (χ1) is 13.5. The molecular weight excluding hydrogens is 394 g/mol. The maximum atomic E-state index is 12.5. The Balaban J connectivity index is 0.00000420. The summed E-state index contributed by atoms with van der Waals surface area (Å²) in [6, 6.07) is 7.65. The lowest BCUT2D eigenvalue weighted by molar-refractivity contribution is -0.146. The summed E-state index contributed by atoms with van der Waals surface area (Å²) in [6.45, 7) is 6.53. The number of ether oxygens (including phenoxy) is 2. The molecule has 1 aromatic carbocycles. The normalized spacial score (nSPS) is 16.2. The quantitative estimate of drug-likeness (QED) is 0.499. The van der Waals surface area contributed by atoms with Crippen molar-refractivity contribution in [1.82, 2.24) is 16.0 Å². The van der Waals surface area contributed by atoms with Gasteiger partial charge in [0.1, 0.15) is 11.4 Å². The number of rotatable bonds is 10. The van der Waals surface area contributed by atoms with Crippen LogP contribution in [0.15, 0.2) is 24.3 Å². The lowest BCUT2D eigenvalue weighted by atomic mass is 9.91. The van der Waals surface area contributed by atoms with E-state index in [9.17, 15) is 9.59 Å². The van der Waals surface area contributed by atoms with Crippen LogP contribution in [0.3, 0.4) is 0 Å². The summed E-state index contributed by atoms with van der Waals surface area (Å²) in [7, 11) is 1.58. The second-order valence-corrected chi connectivity index (χ2v) is 7.10. The van der Waals surface area contributed by atoms with Gasteiger partial charge in [0.25, 0.3) is 5.91 Å². The molecule has 1 fully saturated rings. The van der Waals surface area contributed by atoms with Crippen LogP contribution in [0, 0.1) is 0 Å². The van der Waals surface area contributed by atoms with Gasteiger partial charge in [0.2, 0.25) is 5.91 Å². The van der Waals surface area contributed by atoms with Gasteiger partial charge in [0, 0.05) is 20.1 Å². The van der Waals surface area contributed by atoms with E-state index >= 15 is 0 Å². The third-order valence-corrected chi connectivity index (χ3v) is 5.15. The minimum atomic E-state index is -0.740. The monoisotopic (exact) mass is 427 g/mol. The van der Waals surface area contributed by atoms with Crippen LogP contribution in [0.5, 0.6) is 5.75 Å². The number of halogens is 1. The van der Waals surface area contributed by atoms with Gasteiger partial charge in [0.05, 0.1) is 12.6 Å². The zero-order chi connectivity index (χ0) is 20.4. The van der Waals surface area contributed by atoms with Crippen molar-refractivity contribution >= 4 is 24.2 Å². The summed E-state index contributed by atoms with van der Waals surface area (Å²) >= 11 is 0. The van der Waals surface area contributed by atoms with Crippen LogP contribution < -0.4 is 20.7 Å². The van der Waals surface area contributed by atoms with Gasteiger partial charge in [-0.2, -0.15) is 0 Å². The molecule has 1 aliphatic rings. The molecule has 8 heteroatoms. The van der Waals surface area contributed by atoms with Gasteiger partial charge < -0.3 is 25.4 Å². The zero-order valence-corrected chi connectivity index (χ0v) is 18.4. The maximum absolute atomic E-state index is 12.5. The van der Waals surface area contributed by atoms with Crippen molar-refractivity contribution in [2.75, 3.05) is 33.4 Å². The molecule has 1 saturated heterocycles. The van der Waals surface area contributed by atoms with Crippen LogP contribution in [0.1, 0.15) is 51.1 Å². The molecule has 1 unspecified atom stereocenters. The fraction of sp³-hybridized carbons (Fsp3) is 0.619. The van der Waals surface area contributed by atoms with Crippen LogP contribution in [0.4, 0.5) is 0 Å². The lowest BCUT2D eigenvalue weighted by Crippen LogP contribution is -2.54. The first kappa shape index (κ1) is 25.2. The highest BCUT2D eigenvalue weighted by Gasteiger charge is 2.39. The molecule has 2 rings (SSSR count). The fourth-order valence-corrected chi connectivity index (χ4v) is 3.38. The van der Waals surface area contributed by atoms with E-state index in [-0.39, 0.29) is 30.3 Å². The van der Waals surface area contributed by atoms with E-state index in [0.717, 1.165) is 24.4 Å². The topological polar surface area (TPSA) is 88.7 Å². The van der Waals surface area contributed by atoms with Crippen molar-refractivity contribution in [2.24, 2.45) is 0 Å². The van der Waals surface area contributed by atoms with Crippen molar-refractivity contribution in [2.45, 2.75) is 51.2 Å². The van der Waals surface area contributed by atoms with Gasteiger partial charge in [-0.1, -0.05) is 12.1 Å². The largest absolute Gasteiger partial charge is 0.494 e. The number of hydrogen-bond donors (Lipinski definition) is 3. The molecule has 0 aliphatic carbocycles. The molecule has 1 heterocycles. The Bertz CT molecular complexity index is 633. The molecule has 0 saturated carbocycles. The Labute approximate surface area is 179 Å². The molecule has 164 valence electrons. The highest BCUT2D eigenvalue weighted by atomic mass is 35.5. The van der Waals surface area contributed by atoms with Crippen LogP contribution in [-0.4, -0.2) is 50.8 Å². The van der Waals surface area contributed by atoms with Gasteiger partial charge in [-0.15, -0.1) is 12.4 Å². The summed E-state index contributed by atoms with van der Waals surface area (Å²) in [5.41, 5.74) is 0.286. The first-order valence-electron chi connectivity index (χ1n) is 10.1. The van der Waals surface area contributed by atoms with E-state index in [2.05, 4.69) is 16.0 Å². The molecule has 1 aromatic rings. The Morgan fingerprint density at radius 3 is 2.45 bits per heavy atom. The van der Waals surface area contributed by atoms with Crippen molar-refractivity contribution in [1.29, 1.82) is 0 Å². The molecule has 0 bridgehead atoms. The fourth-order valence-electron chi connectivity index (χ4n) is 3.38. The number of carbonyl (C=O) groups excluding carboxylic acids is 2. The average molecular weight is 428 g/mol. The Hall–Kier alpha value is -1.83. The molecule has 29 heavy (non-hydrogen) atoms. The zero-order valence-electron chi connectivity index (χ0n) is 17.6. The van der Waals surface area contributed by atoms with Gasteiger partial charge >= 0.3 is 0 Å². The van der Waals surface area contributed by atoms with Crippen molar-refractivity contribution in [3.8, 4) is 5.75 Å². The van der Waals surface area contributed by atoms with Gasteiger partial charge in [0.15, 0.2) is 0 Å². The highest BCUT2D eigenvalue weighted by molar-refractivity contribution is 5.85. The maximum Gasteiger partial charge on any atom is 0.252 e. The predicted molar refractivity (Wildman–Crippen MR) is 116 cm³/mol. The molecule has 0 spiro atoms. The molecule has 1 atom stereocenters. The van der Waals surface area contributed by atoms with Crippen LogP contribution in [-0.2, 0) is 14.3 Å². The molecule has 2 amide bonds. The van der Waals surface area contributed by atoms with E-state index in [4.69, 9.17) is 9.47 Å². The minimum absolute atomic E-state index is 0. The average Bonchev–Trinajstić information content (AvgIpc) is 2.72. The third-order valence-electron chi connectivity index (χ3n) is 5.15. The van der Waals surface area contributed by atoms with Crippen LogP contribution in [0.25, 0.3) is 0 Å². The molecule has 0 radical (unpaired) electrons. The second kappa shape index (κ2) is 12.7. The summed E-state index contributed by atoms with van der Waals surface area (Å²) in [4.78, 5) is 24.6. The molecule has 0 aromatic heterocycles. The van der Waals surface area contributed by atoms with E-state index in [1.165, 1.54) is 0 Å². The second-order valence-electron chi connectivity index (χ2n) is 7.10. The van der Waals surface area contributed by atoms with Crippen LogP contribution in [0.2, 0.25) is 0 Å². The van der Waals surface area contributed by atoms with Gasteiger partial charge in [-0.25, -0.2) is 0 Å². The highest BCUT2D eigenvalue weighted by Crippen LogP contribution is 2.22. The number of hydrogen-bond acceptors (Lipinski definition) is 5. The number of benzene rings is 1. The smallest absolute Gasteiger partial charge is 0.252 e. The SMILES string of the molecule is CCOc1ccc(C(C)NC(=O)CCCNC(=O)C2(OC)CCNCC2)cc1.Cl. The first-order valence-corrected chi connectivity index (χ1v) is 10.1. The number of nitrogens with one attached hydrogen (secondary N) is 3. The van der Waals surface area contributed by atoms with Crippen molar-refractivity contribution < 1.29 is 19.1 Å². The Morgan fingerprint density at radius 1 is 1.21 bits per heavy atom. The summed E-state index contributed by atoms with van der Waals surface area (Å²) in [6.07, 6.45) is 2.28. The van der Waals surface area contributed by atoms with E-state index in [0.29, 0.717) is 38.8 Å². The molecular formula is C21H34ClN3O4. The number of piperidine rings is 1. The van der Waals surface area contributed by atoms with E-state index in [1.807, 2.05) is 38.1 Å². The summed E-state index contributed by atoms with van der Waals surface area (Å²) in [5, 5.41) is 9.14. The Kier molecular flexibility index (Phi) is 11.0. The minimum Gasteiger partial charge on any atom is -0.494 e. The molecule has 3 N–H and O–H groups in total. The van der Waals surface area contributed by atoms with Crippen molar-refractivity contribution in [3.05, 3.63) is 29.8 Å². The lowest BCUT2D eigenvalue weighted by Gasteiger charge is -2.34. The Morgan fingerprint density at radius 2 is 1.86 bits per heavy atom. The number of carbonyl (C=O) groups is 2. The van der Waals surface area contributed by atoms with E-state index in [1.54, 1.807) is 7.11 Å². The van der Waals surface area contributed by atoms with Crippen molar-refractivity contribution in [3.63, 3.8) is 0 Å². The summed E-state index contributed by atoms with van der Waals surface area (Å²) < 4.78 is 10.9. The molecule has 7 nitrogen and oxygen atoms in total. The van der Waals surface area contributed by atoms with Crippen LogP contribution >= 0.6 is 12.4 Å². The number of amides is 2. The summed E-state index contributed by atoms with van der Waals surface area (Å²) in [5.74, 6) is 0.710.